The predicted octanol–water partition coefficient (Wildman–Crippen LogP) is 7.01. The third-order valence-electron chi connectivity index (χ3n) is 5.59. The first kappa shape index (κ1) is 23.0. The highest BCUT2D eigenvalue weighted by Gasteiger charge is 2.18. The number of methoxy groups -OCH3 is 1. The monoisotopic (exact) mass is 464 g/mol. The summed E-state index contributed by atoms with van der Waals surface area (Å²) in [5.74, 6) is 3.38. The smallest absolute Gasteiger partial charge is 0.153 e. The van der Waals surface area contributed by atoms with Crippen LogP contribution in [0.15, 0.2) is 66.7 Å². The maximum atomic E-state index is 6.23. The predicted molar refractivity (Wildman–Crippen MR) is 133 cm³/mol. The first-order valence-corrected chi connectivity index (χ1v) is 11.6. The zero-order valence-electron chi connectivity index (χ0n) is 19.3. The second kappa shape index (κ2) is 10.6. The second-order valence-corrected chi connectivity index (χ2v) is 8.42. The number of unbranched alkanes of at least 4 members (excludes halogenated alkanes) is 1. The van der Waals surface area contributed by atoms with Gasteiger partial charge in [0.1, 0.15) is 17.2 Å². The number of fused-ring (bicyclic) bond motifs is 1. The second-order valence-electron chi connectivity index (χ2n) is 8.01. The highest BCUT2D eigenvalue weighted by molar-refractivity contribution is 6.31. The Hall–Kier alpha value is -3.18. The van der Waals surface area contributed by atoms with E-state index in [0.29, 0.717) is 6.61 Å². The van der Waals surface area contributed by atoms with Crippen LogP contribution < -0.4 is 14.2 Å². The van der Waals surface area contributed by atoms with E-state index in [1.54, 1.807) is 7.11 Å². The normalized spacial score (nSPS) is 12.0. The highest BCUT2D eigenvalue weighted by atomic mass is 35.5. The summed E-state index contributed by atoms with van der Waals surface area (Å²) in [4.78, 5) is 4.88. The van der Waals surface area contributed by atoms with Crippen LogP contribution in [0.4, 0.5) is 0 Å². The maximum Gasteiger partial charge on any atom is 0.153 e. The molecule has 0 amide bonds. The molecular formula is C27H29ClN2O3. The fraction of sp³-hybridized carbons (Fsp3) is 0.296. The lowest BCUT2D eigenvalue weighted by atomic mass is 10.2. The van der Waals surface area contributed by atoms with Gasteiger partial charge in [-0.2, -0.15) is 0 Å². The maximum absolute atomic E-state index is 6.23. The van der Waals surface area contributed by atoms with Crippen LogP contribution in [-0.2, 0) is 6.54 Å². The van der Waals surface area contributed by atoms with Gasteiger partial charge in [-0.05, 0) is 86.8 Å². The highest BCUT2D eigenvalue weighted by Crippen LogP contribution is 2.28. The molecule has 1 atom stereocenters. The molecule has 0 saturated carbocycles. The van der Waals surface area contributed by atoms with Crippen LogP contribution in [0.1, 0.15) is 37.3 Å². The summed E-state index contributed by atoms with van der Waals surface area (Å²) in [6.07, 6.45) is 1.70. The molecule has 0 aliphatic heterocycles. The number of ether oxygens (including phenoxy) is 3. The molecule has 4 rings (SSSR count). The van der Waals surface area contributed by atoms with Gasteiger partial charge in [0.15, 0.2) is 11.9 Å². The molecule has 0 aliphatic carbocycles. The number of para-hydroxylation sites is 2. The molecule has 172 valence electrons. The van der Waals surface area contributed by atoms with E-state index in [1.807, 2.05) is 74.5 Å². The van der Waals surface area contributed by atoms with E-state index >= 15 is 0 Å². The van der Waals surface area contributed by atoms with Crippen LogP contribution in [0, 0.1) is 6.92 Å². The van der Waals surface area contributed by atoms with Crippen molar-refractivity contribution in [3.05, 3.63) is 83.1 Å². The third-order valence-corrected chi connectivity index (χ3v) is 6.02. The van der Waals surface area contributed by atoms with E-state index < -0.39 is 0 Å². The fourth-order valence-corrected chi connectivity index (χ4v) is 3.94. The minimum absolute atomic E-state index is 0.200. The number of nitrogens with zero attached hydrogens (tertiary/aromatic N) is 2. The summed E-state index contributed by atoms with van der Waals surface area (Å²) in [7, 11) is 1.66. The van der Waals surface area contributed by atoms with Gasteiger partial charge in [0.05, 0.1) is 24.8 Å². The molecule has 0 fully saturated rings. The number of halogens is 1. The van der Waals surface area contributed by atoms with Crippen LogP contribution >= 0.6 is 11.6 Å². The Morgan fingerprint density at radius 3 is 2.42 bits per heavy atom. The molecule has 0 bridgehead atoms. The Labute approximate surface area is 199 Å². The Morgan fingerprint density at radius 2 is 1.67 bits per heavy atom. The van der Waals surface area contributed by atoms with Gasteiger partial charge in [-0.15, -0.1) is 0 Å². The van der Waals surface area contributed by atoms with Crippen molar-refractivity contribution in [3.63, 3.8) is 0 Å². The standard InChI is InChI=1S/C27H29ClN2O3/c1-19-18-23(14-15-24(19)28)33-20(2)27-29-25-8-4-5-9-26(25)30(27)16-6-7-17-32-22-12-10-21(31-3)11-13-22/h4-5,8-15,18,20H,6-7,16-17H2,1-3H3. The van der Waals surface area contributed by atoms with E-state index in [-0.39, 0.29) is 6.10 Å². The quantitative estimate of drug-likeness (QED) is 0.237. The van der Waals surface area contributed by atoms with Crippen LogP contribution in [0.3, 0.4) is 0 Å². The number of benzene rings is 3. The van der Waals surface area contributed by atoms with Crippen LogP contribution in [0.5, 0.6) is 17.2 Å². The lowest BCUT2D eigenvalue weighted by Crippen LogP contribution is -2.13. The third kappa shape index (κ3) is 5.60. The number of aryl methyl sites for hydroxylation is 2. The molecule has 0 saturated heterocycles. The van der Waals surface area contributed by atoms with Gasteiger partial charge >= 0.3 is 0 Å². The van der Waals surface area contributed by atoms with Crippen molar-refractivity contribution >= 4 is 22.6 Å². The van der Waals surface area contributed by atoms with Crippen molar-refractivity contribution in [2.45, 2.75) is 39.3 Å². The van der Waals surface area contributed by atoms with Gasteiger partial charge in [-0.25, -0.2) is 4.98 Å². The van der Waals surface area contributed by atoms with E-state index in [4.69, 9.17) is 30.8 Å². The molecule has 4 aromatic rings. The molecule has 1 heterocycles. The minimum Gasteiger partial charge on any atom is -0.497 e. The number of hydrogen-bond donors (Lipinski definition) is 0. The SMILES string of the molecule is COc1ccc(OCCCCn2c(C(C)Oc3ccc(Cl)c(C)c3)nc3ccccc32)cc1. The summed E-state index contributed by atoms with van der Waals surface area (Å²) >= 11 is 6.16. The summed E-state index contributed by atoms with van der Waals surface area (Å²) in [5, 5.41) is 0.735. The topological polar surface area (TPSA) is 45.5 Å². The van der Waals surface area contributed by atoms with E-state index in [1.165, 1.54) is 0 Å². The van der Waals surface area contributed by atoms with Crippen molar-refractivity contribution in [3.8, 4) is 17.2 Å². The summed E-state index contributed by atoms with van der Waals surface area (Å²) in [5.41, 5.74) is 3.09. The van der Waals surface area contributed by atoms with Gasteiger partial charge in [-0.3, -0.25) is 0 Å². The molecule has 0 aliphatic rings. The number of rotatable bonds is 10. The van der Waals surface area contributed by atoms with E-state index in [9.17, 15) is 0 Å². The van der Waals surface area contributed by atoms with E-state index in [0.717, 1.165) is 64.1 Å². The fourth-order valence-electron chi connectivity index (χ4n) is 3.82. The molecule has 3 aromatic carbocycles. The van der Waals surface area contributed by atoms with Crippen LogP contribution in [0.25, 0.3) is 11.0 Å². The van der Waals surface area contributed by atoms with Crippen LogP contribution in [0.2, 0.25) is 5.02 Å². The van der Waals surface area contributed by atoms with Crippen molar-refractivity contribution < 1.29 is 14.2 Å². The minimum atomic E-state index is -0.200. The number of imidazole rings is 1. The largest absolute Gasteiger partial charge is 0.497 e. The van der Waals surface area contributed by atoms with Crippen molar-refractivity contribution in [2.24, 2.45) is 0 Å². The zero-order chi connectivity index (χ0) is 23.2. The number of aromatic nitrogens is 2. The Balaban J connectivity index is 1.41. The first-order chi connectivity index (χ1) is 16.0. The Bertz CT molecular complexity index is 1200. The van der Waals surface area contributed by atoms with Gasteiger partial charge in [0.25, 0.3) is 0 Å². The average molecular weight is 465 g/mol. The molecule has 1 unspecified atom stereocenters. The Morgan fingerprint density at radius 1 is 0.939 bits per heavy atom. The van der Waals surface area contributed by atoms with Gasteiger partial charge in [-0.1, -0.05) is 23.7 Å². The molecule has 33 heavy (non-hydrogen) atoms. The summed E-state index contributed by atoms with van der Waals surface area (Å²) in [6.45, 7) is 5.51. The molecule has 1 aromatic heterocycles. The molecule has 6 heteroatoms. The summed E-state index contributed by atoms with van der Waals surface area (Å²) < 4.78 is 19.6. The zero-order valence-corrected chi connectivity index (χ0v) is 20.0. The van der Waals surface area contributed by atoms with Crippen molar-refractivity contribution in [1.29, 1.82) is 0 Å². The van der Waals surface area contributed by atoms with E-state index in [2.05, 4.69) is 10.6 Å². The molecule has 5 nitrogen and oxygen atoms in total. The Kier molecular flexibility index (Phi) is 7.40. The van der Waals surface area contributed by atoms with Gasteiger partial charge < -0.3 is 18.8 Å². The lowest BCUT2D eigenvalue weighted by Gasteiger charge is -2.17. The lowest BCUT2D eigenvalue weighted by molar-refractivity contribution is 0.210. The molecule has 0 radical (unpaired) electrons. The molecule has 0 N–H and O–H groups in total. The van der Waals surface area contributed by atoms with Crippen molar-refractivity contribution in [1.82, 2.24) is 9.55 Å². The van der Waals surface area contributed by atoms with Gasteiger partial charge in [0, 0.05) is 11.6 Å². The number of hydrogen-bond acceptors (Lipinski definition) is 4. The summed E-state index contributed by atoms with van der Waals surface area (Å²) in [6, 6.07) is 21.6. The first-order valence-electron chi connectivity index (χ1n) is 11.2. The average Bonchev–Trinajstić information content (AvgIpc) is 3.20. The van der Waals surface area contributed by atoms with Gasteiger partial charge in [0.2, 0.25) is 0 Å². The molecule has 0 spiro atoms. The van der Waals surface area contributed by atoms with Crippen LogP contribution in [-0.4, -0.2) is 23.3 Å². The van der Waals surface area contributed by atoms with Crippen molar-refractivity contribution in [2.75, 3.05) is 13.7 Å². The molecular weight excluding hydrogens is 436 g/mol.